The van der Waals surface area contributed by atoms with Crippen molar-refractivity contribution >= 4 is 17.5 Å². The van der Waals surface area contributed by atoms with Gasteiger partial charge in [0.2, 0.25) is 11.8 Å². The third-order valence-electron chi connectivity index (χ3n) is 4.58. The molecule has 2 rings (SSSR count). The zero-order valence-electron chi connectivity index (χ0n) is 15.4. The summed E-state index contributed by atoms with van der Waals surface area (Å²) in [4.78, 5) is 25.0. The van der Waals surface area contributed by atoms with Crippen molar-refractivity contribution in [1.82, 2.24) is 5.32 Å². The predicted molar refractivity (Wildman–Crippen MR) is 99.6 cm³/mol. The first kappa shape index (κ1) is 19.0. The van der Waals surface area contributed by atoms with Gasteiger partial charge in [-0.2, -0.15) is 0 Å². The lowest BCUT2D eigenvalue weighted by Gasteiger charge is -2.23. The van der Waals surface area contributed by atoms with Gasteiger partial charge in [-0.1, -0.05) is 17.7 Å². The lowest BCUT2D eigenvalue weighted by atomic mass is 9.90. The molecule has 0 aliphatic heterocycles. The van der Waals surface area contributed by atoms with Gasteiger partial charge in [-0.15, -0.1) is 0 Å². The summed E-state index contributed by atoms with van der Waals surface area (Å²) in [5.74, 6) is 0.0558. The molecule has 0 radical (unpaired) electrons. The summed E-state index contributed by atoms with van der Waals surface area (Å²) in [6.07, 6.45) is 7.88. The maximum absolute atomic E-state index is 12.5. The van der Waals surface area contributed by atoms with Crippen LogP contribution in [-0.4, -0.2) is 25.5 Å². The van der Waals surface area contributed by atoms with Crippen LogP contribution >= 0.6 is 0 Å². The van der Waals surface area contributed by atoms with E-state index >= 15 is 0 Å². The quantitative estimate of drug-likeness (QED) is 0.586. The van der Waals surface area contributed by atoms with Gasteiger partial charge in [0.25, 0.3) is 0 Å². The summed E-state index contributed by atoms with van der Waals surface area (Å²) in [7, 11) is 1.57. The molecule has 0 atom stereocenters. The number of rotatable bonds is 7. The van der Waals surface area contributed by atoms with Crippen molar-refractivity contribution in [2.24, 2.45) is 5.41 Å². The first-order chi connectivity index (χ1) is 11.9. The maximum Gasteiger partial charge on any atom is 0.239 e. The summed E-state index contributed by atoms with van der Waals surface area (Å²) < 4.78 is 5.14. The fraction of sp³-hybridized carbons (Fsp3) is 0.500. The minimum Gasteiger partial charge on any atom is -0.497 e. The fourth-order valence-electron chi connectivity index (χ4n) is 2.78. The van der Waals surface area contributed by atoms with Crippen molar-refractivity contribution in [2.45, 2.75) is 46.0 Å². The van der Waals surface area contributed by atoms with Crippen molar-refractivity contribution in [3.05, 3.63) is 35.9 Å². The molecule has 25 heavy (non-hydrogen) atoms. The highest BCUT2D eigenvalue weighted by Gasteiger charge is 2.35. The summed E-state index contributed by atoms with van der Waals surface area (Å²) in [6, 6.07) is 7.08. The zero-order chi connectivity index (χ0) is 18.3. The van der Waals surface area contributed by atoms with Crippen molar-refractivity contribution < 1.29 is 14.3 Å². The van der Waals surface area contributed by atoms with Gasteiger partial charge in [-0.05, 0) is 58.1 Å². The molecule has 0 heterocycles. The third-order valence-corrected chi connectivity index (χ3v) is 4.58. The molecule has 0 spiro atoms. The normalized spacial score (nSPS) is 14.4. The molecule has 2 N–H and O–H groups in total. The van der Waals surface area contributed by atoms with Crippen LogP contribution in [0.4, 0.5) is 5.69 Å². The molecule has 0 saturated carbocycles. The molecular formula is C20H28N2O3. The summed E-state index contributed by atoms with van der Waals surface area (Å²) in [5, 5.41) is 5.68. The number of carbonyl (C=O) groups is 2. The van der Waals surface area contributed by atoms with Gasteiger partial charge in [-0.25, -0.2) is 0 Å². The Balaban J connectivity index is 1.88. The minimum atomic E-state index is -1.15. The molecule has 2 amide bonds. The Morgan fingerprint density at radius 2 is 2.00 bits per heavy atom. The minimum absolute atomic E-state index is 0.260. The Kier molecular flexibility index (Phi) is 6.62. The van der Waals surface area contributed by atoms with E-state index in [-0.39, 0.29) is 11.8 Å². The number of hydrogen-bond donors (Lipinski definition) is 2. The van der Waals surface area contributed by atoms with Crippen LogP contribution in [0.1, 0.15) is 46.0 Å². The highest BCUT2D eigenvalue weighted by molar-refractivity contribution is 6.09. The SMILES string of the molecule is COc1cccc(NC(=O)C(C)(C)C(=O)NCCC2=CCCCC2)c1. The highest BCUT2D eigenvalue weighted by atomic mass is 16.5. The van der Waals surface area contributed by atoms with Crippen LogP contribution in [0, 0.1) is 5.41 Å². The highest BCUT2D eigenvalue weighted by Crippen LogP contribution is 2.23. The van der Waals surface area contributed by atoms with Gasteiger partial charge in [0.15, 0.2) is 0 Å². The van der Waals surface area contributed by atoms with Gasteiger partial charge >= 0.3 is 0 Å². The van der Waals surface area contributed by atoms with Crippen LogP contribution in [0.2, 0.25) is 0 Å². The Labute approximate surface area is 149 Å². The molecule has 0 bridgehead atoms. The van der Waals surface area contributed by atoms with Gasteiger partial charge in [0.1, 0.15) is 11.2 Å². The van der Waals surface area contributed by atoms with E-state index in [9.17, 15) is 9.59 Å². The second kappa shape index (κ2) is 8.70. The lowest BCUT2D eigenvalue weighted by Crippen LogP contribution is -2.45. The van der Waals surface area contributed by atoms with Crippen molar-refractivity contribution in [3.8, 4) is 5.75 Å². The second-order valence-electron chi connectivity index (χ2n) is 6.93. The van der Waals surface area contributed by atoms with Gasteiger partial charge < -0.3 is 15.4 Å². The van der Waals surface area contributed by atoms with E-state index in [1.165, 1.54) is 18.4 Å². The molecule has 1 aromatic carbocycles. The van der Waals surface area contributed by atoms with Crippen LogP contribution in [-0.2, 0) is 9.59 Å². The number of ether oxygens (including phenoxy) is 1. The number of methoxy groups -OCH3 is 1. The molecule has 136 valence electrons. The monoisotopic (exact) mass is 344 g/mol. The maximum atomic E-state index is 12.5. The predicted octanol–water partition coefficient (Wildman–Crippen LogP) is 3.67. The van der Waals surface area contributed by atoms with E-state index in [2.05, 4.69) is 16.7 Å². The fourth-order valence-corrected chi connectivity index (χ4v) is 2.78. The van der Waals surface area contributed by atoms with Crippen molar-refractivity contribution in [2.75, 3.05) is 19.0 Å². The molecule has 1 aliphatic rings. The van der Waals surface area contributed by atoms with E-state index in [0.29, 0.717) is 18.0 Å². The standard InChI is InChI=1S/C20H28N2O3/c1-20(2,18(23)21-13-12-15-8-5-4-6-9-15)19(24)22-16-10-7-11-17(14-16)25-3/h7-8,10-11,14H,4-6,9,12-13H2,1-3H3,(H,21,23)(H,22,24). The molecule has 5 heteroatoms. The molecule has 1 aromatic rings. The Morgan fingerprint density at radius 3 is 2.68 bits per heavy atom. The molecule has 0 saturated heterocycles. The largest absolute Gasteiger partial charge is 0.497 e. The van der Waals surface area contributed by atoms with Gasteiger partial charge in [0.05, 0.1) is 7.11 Å². The lowest BCUT2D eigenvalue weighted by molar-refractivity contribution is -0.138. The topological polar surface area (TPSA) is 67.4 Å². The third kappa shape index (κ3) is 5.34. The number of benzene rings is 1. The first-order valence-corrected chi connectivity index (χ1v) is 8.85. The van der Waals surface area contributed by atoms with E-state index in [1.54, 1.807) is 45.2 Å². The molecule has 0 fully saturated rings. The van der Waals surface area contributed by atoms with Crippen molar-refractivity contribution in [1.29, 1.82) is 0 Å². The Bertz CT molecular complexity index is 650. The van der Waals surface area contributed by atoms with Crippen molar-refractivity contribution in [3.63, 3.8) is 0 Å². The number of nitrogens with one attached hydrogen (secondary N) is 2. The number of anilines is 1. The van der Waals surface area contributed by atoms with E-state index in [4.69, 9.17) is 4.74 Å². The summed E-state index contributed by atoms with van der Waals surface area (Å²) in [6.45, 7) is 3.84. The average molecular weight is 344 g/mol. The van der Waals surface area contributed by atoms with Gasteiger partial charge in [0, 0.05) is 18.3 Å². The average Bonchev–Trinajstić information content (AvgIpc) is 2.62. The van der Waals surface area contributed by atoms with Crippen LogP contribution < -0.4 is 15.4 Å². The second-order valence-corrected chi connectivity index (χ2v) is 6.93. The summed E-state index contributed by atoms with van der Waals surface area (Å²) in [5.41, 5.74) is 0.868. The van der Waals surface area contributed by atoms with Gasteiger partial charge in [-0.3, -0.25) is 9.59 Å². The molecule has 0 aromatic heterocycles. The first-order valence-electron chi connectivity index (χ1n) is 8.85. The van der Waals surface area contributed by atoms with Crippen LogP contribution in [0.5, 0.6) is 5.75 Å². The van der Waals surface area contributed by atoms with E-state index < -0.39 is 5.41 Å². The van der Waals surface area contributed by atoms with E-state index in [0.717, 1.165) is 19.3 Å². The van der Waals surface area contributed by atoms with E-state index in [1.807, 2.05) is 0 Å². The Hall–Kier alpha value is -2.30. The molecule has 0 unspecified atom stereocenters. The van der Waals surface area contributed by atoms with Crippen LogP contribution in [0.15, 0.2) is 35.9 Å². The molecule has 5 nitrogen and oxygen atoms in total. The summed E-state index contributed by atoms with van der Waals surface area (Å²) >= 11 is 0. The smallest absolute Gasteiger partial charge is 0.239 e. The van der Waals surface area contributed by atoms with Crippen LogP contribution in [0.3, 0.4) is 0 Å². The number of carbonyl (C=O) groups excluding carboxylic acids is 2. The molecular weight excluding hydrogens is 316 g/mol. The number of allylic oxidation sites excluding steroid dienone is 1. The zero-order valence-corrected chi connectivity index (χ0v) is 15.4. The van der Waals surface area contributed by atoms with Crippen LogP contribution in [0.25, 0.3) is 0 Å². The molecule has 1 aliphatic carbocycles. The number of hydrogen-bond acceptors (Lipinski definition) is 3. The Morgan fingerprint density at radius 1 is 1.20 bits per heavy atom. The number of amides is 2.